The Hall–Kier alpha value is -1.10. The average Bonchev–Trinajstić information content (AvgIpc) is 2.30. The molecule has 5 nitrogen and oxygen atoms in total. The number of piperidine rings is 1. The normalized spacial score (nSPS) is 28.9. The maximum absolute atomic E-state index is 12.0. The molecule has 98 valence electrons. The first-order valence-corrected chi connectivity index (χ1v) is 6.22. The number of carbonyl (C=O) groups excluding carboxylic acids is 2. The number of nitrogens with zero attached hydrogens (tertiary/aromatic N) is 1. The Morgan fingerprint density at radius 2 is 2.00 bits per heavy atom. The van der Waals surface area contributed by atoms with Crippen LogP contribution in [0, 0.1) is 11.8 Å². The summed E-state index contributed by atoms with van der Waals surface area (Å²) in [6.07, 6.45) is 1.15. The Labute approximate surface area is 103 Å². The molecule has 1 rings (SSSR count). The number of rotatable bonds is 3. The first-order chi connectivity index (χ1) is 7.95. The van der Waals surface area contributed by atoms with Gasteiger partial charge in [-0.1, -0.05) is 13.8 Å². The number of nitrogens with one attached hydrogen (secondary N) is 1. The Morgan fingerprint density at radius 3 is 2.59 bits per heavy atom. The molecule has 0 saturated carbocycles. The smallest absolute Gasteiger partial charge is 0.242 e. The lowest BCUT2D eigenvalue weighted by Crippen LogP contribution is -2.52. The number of hydrogen-bond acceptors (Lipinski definition) is 3. The maximum atomic E-state index is 12.0. The Bertz CT molecular complexity index is 293. The number of hydrogen-bond donors (Lipinski definition) is 2. The number of amides is 2. The van der Waals surface area contributed by atoms with Crippen LogP contribution in [0.1, 0.15) is 27.2 Å². The monoisotopic (exact) mass is 241 g/mol. The highest BCUT2D eigenvalue weighted by Crippen LogP contribution is 2.26. The molecule has 1 saturated heterocycles. The minimum atomic E-state index is -0.288. The number of likely N-dealkylation sites (tertiary alicyclic amines) is 1. The molecule has 3 N–H and O–H groups in total. The fraction of sp³-hybridized carbons (Fsp3) is 0.833. The fourth-order valence-electron chi connectivity index (χ4n) is 2.39. The summed E-state index contributed by atoms with van der Waals surface area (Å²) >= 11 is 0. The van der Waals surface area contributed by atoms with E-state index in [1.54, 1.807) is 0 Å². The van der Waals surface area contributed by atoms with E-state index in [1.165, 1.54) is 0 Å². The summed E-state index contributed by atoms with van der Waals surface area (Å²) in [5.41, 5.74) is 5.17. The van der Waals surface area contributed by atoms with E-state index >= 15 is 0 Å². The Morgan fingerprint density at radius 1 is 1.35 bits per heavy atom. The zero-order valence-electron chi connectivity index (χ0n) is 10.9. The van der Waals surface area contributed by atoms with E-state index in [9.17, 15) is 9.59 Å². The molecule has 1 aliphatic heterocycles. The van der Waals surface area contributed by atoms with Crippen molar-refractivity contribution in [3.8, 4) is 0 Å². The van der Waals surface area contributed by atoms with Gasteiger partial charge in [0.1, 0.15) is 0 Å². The lowest BCUT2D eigenvalue weighted by Gasteiger charge is -2.41. The summed E-state index contributed by atoms with van der Waals surface area (Å²) in [4.78, 5) is 24.9. The minimum Gasteiger partial charge on any atom is -0.346 e. The van der Waals surface area contributed by atoms with Gasteiger partial charge < -0.3 is 16.0 Å². The van der Waals surface area contributed by atoms with Crippen LogP contribution >= 0.6 is 0 Å². The van der Waals surface area contributed by atoms with Gasteiger partial charge in [0.05, 0.1) is 13.1 Å². The van der Waals surface area contributed by atoms with Crippen LogP contribution in [-0.2, 0) is 9.59 Å². The van der Waals surface area contributed by atoms with E-state index in [0.717, 1.165) is 13.0 Å². The van der Waals surface area contributed by atoms with Gasteiger partial charge in [-0.05, 0) is 25.2 Å². The molecule has 1 fully saturated rings. The zero-order chi connectivity index (χ0) is 13.0. The molecule has 0 aromatic carbocycles. The summed E-state index contributed by atoms with van der Waals surface area (Å²) in [5, 5.41) is 2.52. The van der Waals surface area contributed by atoms with E-state index in [-0.39, 0.29) is 30.9 Å². The van der Waals surface area contributed by atoms with E-state index in [1.807, 2.05) is 4.90 Å². The molecular formula is C12H23N3O2. The van der Waals surface area contributed by atoms with E-state index in [0.29, 0.717) is 11.8 Å². The van der Waals surface area contributed by atoms with E-state index in [2.05, 4.69) is 26.1 Å². The second-order valence-electron chi connectivity index (χ2n) is 5.09. The summed E-state index contributed by atoms with van der Waals surface area (Å²) in [6, 6.07) is 0.244. The fourth-order valence-corrected chi connectivity index (χ4v) is 2.39. The van der Waals surface area contributed by atoms with Crippen molar-refractivity contribution in [1.29, 1.82) is 0 Å². The summed E-state index contributed by atoms with van der Waals surface area (Å²) < 4.78 is 0. The van der Waals surface area contributed by atoms with Crippen LogP contribution in [0.2, 0.25) is 0 Å². The lowest BCUT2D eigenvalue weighted by atomic mass is 9.86. The highest BCUT2D eigenvalue weighted by Gasteiger charge is 2.31. The zero-order valence-corrected chi connectivity index (χ0v) is 10.9. The predicted octanol–water partition coefficient (Wildman–Crippen LogP) is -0.0457. The lowest BCUT2D eigenvalue weighted by molar-refractivity contribution is -0.137. The van der Waals surface area contributed by atoms with Crippen molar-refractivity contribution >= 4 is 11.8 Å². The molecule has 3 atom stereocenters. The summed E-state index contributed by atoms with van der Waals surface area (Å²) in [7, 11) is 0. The summed E-state index contributed by atoms with van der Waals surface area (Å²) in [5.74, 6) is 0.727. The number of nitrogens with two attached hydrogens (primary N) is 1. The van der Waals surface area contributed by atoms with Crippen molar-refractivity contribution in [3.05, 3.63) is 0 Å². The molecule has 3 unspecified atom stereocenters. The average molecular weight is 241 g/mol. The van der Waals surface area contributed by atoms with Crippen molar-refractivity contribution in [1.82, 2.24) is 10.2 Å². The van der Waals surface area contributed by atoms with Gasteiger partial charge in [0.2, 0.25) is 11.8 Å². The molecule has 1 aliphatic rings. The molecule has 0 aliphatic carbocycles. The van der Waals surface area contributed by atoms with Crippen molar-refractivity contribution in [2.24, 2.45) is 17.6 Å². The molecule has 0 spiro atoms. The maximum Gasteiger partial charge on any atom is 0.242 e. The third kappa shape index (κ3) is 3.70. The van der Waals surface area contributed by atoms with Crippen LogP contribution in [-0.4, -0.2) is 42.4 Å². The van der Waals surface area contributed by atoms with Crippen LogP contribution in [0.4, 0.5) is 0 Å². The topological polar surface area (TPSA) is 75.4 Å². The highest BCUT2D eigenvalue weighted by molar-refractivity contribution is 5.85. The second-order valence-corrected chi connectivity index (χ2v) is 5.09. The van der Waals surface area contributed by atoms with Gasteiger partial charge in [-0.25, -0.2) is 0 Å². The van der Waals surface area contributed by atoms with E-state index in [4.69, 9.17) is 5.73 Å². The number of carbonyl (C=O) groups is 2. The Balaban J connectivity index is 2.52. The quantitative estimate of drug-likeness (QED) is 0.727. The van der Waals surface area contributed by atoms with Gasteiger partial charge >= 0.3 is 0 Å². The van der Waals surface area contributed by atoms with Crippen LogP contribution in [0.5, 0.6) is 0 Å². The van der Waals surface area contributed by atoms with Crippen LogP contribution < -0.4 is 11.1 Å². The van der Waals surface area contributed by atoms with Gasteiger partial charge in [0, 0.05) is 12.6 Å². The first kappa shape index (κ1) is 14.0. The molecule has 1 heterocycles. The largest absolute Gasteiger partial charge is 0.346 e. The van der Waals surface area contributed by atoms with Gasteiger partial charge in [0.25, 0.3) is 0 Å². The van der Waals surface area contributed by atoms with Gasteiger partial charge in [-0.2, -0.15) is 0 Å². The summed E-state index contributed by atoms with van der Waals surface area (Å²) in [6.45, 7) is 7.15. The third-order valence-electron chi connectivity index (χ3n) is 3.54. The predicted molar refractivity (Wildman–Crippen MR) is 66.2 cm³/mol. The molecule has 2 amide bonds. The van der Waals surface area contributed by atoms with Crippen LogP contribution in [0.3, 0.4) is 0 Å². The minimum absolute atomic E-state index is 0.0160. The highest BCUT2D eigenvalue weighted by atomic mass is 16.2. The SMILES string of the molecule is CC1CC(C)C(C)N(C(=O)CNC(=O)CN)C1. The van der Waals surface area contributed by atoms with Crippen molar-refractivity contribution in [3.63, 3.8) is 0 Å². The second kappa shape index (κ2) is 6.00. The molecule has 0 aromatic rings. The van der Waals surface area contributed by atoms with Crippen molar-refractivity contribution < 1.29 is 9.59 Å². The Kier molecular flexibility index (Phi) is 4.93. The van der Waals surface area contributed by atoms with Crippen LogP contribution in [0.25, 0.3) is 0 Å². The van der Waals surface area contributed by atoms with Crippen LogP contribution in [0.15, 0.2) is 0 Å². The van der Waals surface area contributed by atoms with Crippen molar-refractivity contribution in [2.75, 3.05) is 19.6 Å². The molecule has 17 heavy (non-hydrogen) atoms. The molecule has 0 aromatic heterocycles. The van der Waals surface area contributed by atoms with Gasteiger partial charge in [-0.15, -0.1) is 0 Å². The van der Waals surface area contributed by atoms with Gasteiger partial charge in [0.15, 0.2) is 0 Å². The first-order valence-electron chi connectivity index (χ1n) is 6.22. The third-order valence-corrected chi connectivity index (χ3v) is 3.54. The molecule has 0 bridgehead atoms. The molecular weight excluding hydrogens is 218 g/mol. The van der Waals surface area contributed by atoms with Crippen molar-refractivity contribution in [2.45, 2.75) is 33.2 Å². The van der Waals surface area contributed by atoms with Gasteiger partial charge in [-0.3, -0.25) is 9.59 Å². The molecule has 5 heteroatoms. The molecule has 0 radical (unpaired) electrons. The standard InChI is InChI=1S/C12H23N3O2/c1-8-4-9(2)10(3)15(7-8)12(17)6-14-11(16)5-13/h8-10H,4-7,13H2,1-3H3,(H,14,16). The van der Waals surface area contributed by atoms with E-state index < -0.39 is 0 Å².